The van der Waals surface area contributed by atoms with Gasteiger partial charge in [0, 0.05) is 23.7 Å². The second kappa shape index (κ2) is 5.17. The van der Waals surface area contributed by atoms with Gasteiger partial charge in [-0.25, -0.2) is 0 Å². The highest BCUT2D eigenvalue weighted by atomic mass is 35.5. The topological polar surface area (TPSA) is 21.3 Å². The molecule has 88 valence electrons. The molecule has 1 heterocycles. The van der Waals surface area contributed by atoms with Crippen LogP contribution in [0.4, 0.5) is 0 Å². The number of rotatable bonds is 3. The maximum absolute atomic E-state index is 6.17. The average Bonchev–Trinajstić information content (AvgIpc) is 2.65. The summed E-state index contributed by atoms with van der Waals surface area (Å²) in [7, 11) is 0. The Morgan fingerprint density at radius 3 is 2.81 bits per heavy atom. The molecule has 0 radical (unpaired) electrons. The zero-order valence-corrected chi connectivity index (χ0v) is 10.5. The third kappa shape index (κ3) is 2.57. The van der Waals surface area contributed by atoms with E-state index in [1.54, 1.807) is 0 Å². The molecule has 1 aromatic carbocycles. The summed E-state index contributed by atoms with van der Waals surface area (Å²) in [6.45, 7) is 5.12. The standard InChI is InChI=1S/C13H18ClNO/c1-9(11-5-3-4-6-12(11)14)15-13-7-8-16-10(13)2/h3-6,9-10,13,15H,7-8H2,1-2H3/t9-,10?,13?/m1/s1. The molecule has 2 nitrogen and oxygen atoms in total. The normalized spacial score (nSPS) is 26.9. The molecule has 1 fully saturated rings. The molecule has 0 saturated carbocycles. The molecule has 2 unspecified atom stereocenters. The van der Waals surface area contributed by atoms with Crippen LogP contribution in [0.1, 0.15) is 31.9 Å². The van der Waals surface area contributed by atoms with Crippen LogP contribution < -0.4 is 5.32 Å². The van der Waals surface area contributed by atoms with Crippen molar-refractivity contribution in [3.8, 4) is 0 Å². The van der Waals surface area contributed by atoms with Crippen molar-refractivity contribution in [1.82, 2.24) is 5.32 Å². The minimum atomic E-state index is 0.267. The average molecular weight is 240 g/mol. The Hall–Kier alpha value is -0.570. The van der Waals surface area contributed by atoms with Crippen molar-refractivity contribution in [2.24, 2.45) is 0 Å². The zero-order chi connectivity index (χ0) is 11.5. The summed E-state index contributed by atoms with van der Waals surface area (Å²) in [6.07, 6.45) is 1.38. The van der Waals surface area contributed by atoms with E-state index >= 15 is 0 Å². The molecule has 0 aliphatic carbocycles. The lowest BCUT2D eigenvalue weighted by Gasteiger charge is -2.22. The fourth-order valence-corrected chi connectivity index (χ4v) is 2.49. The van der Waals surface area contributed by atoms with E-state index in [2.05, 4.69) is 25.2 Å². The first kappa shape index (κ1) is 11.9. The summed E-state index contributed by atoms with van der Waals surface area (Å²) >= 11 is 6.17. The fourth-order valence-electron chi connectivity index (χ4n) is 2.19. The Kier molecular flexibility index (Phi) is 3.85. The Morgan fingerprint density at radius 1 is 1.44 bits per heavy atom. The van der Waals surface area contributed by atoms with Crippen molar-refractivity contribution in [3.63, 3.8) is 0 Å². The van der Waals surface area contributed by atoms with Crippen molar-refractivity contribution < 1.29 is 4.74 Å². The summed E-state index contributed by atoms with van der Waals surface area (Å²) in [5.74, 6) is 0. The molecule has 16 heavy (non-hydrogen) atoms. The lowest BCUT2D eigenvalue weighted by atomic mass is 10.1. The van der Waals surface area contributed by atoms with E-state index in [4.69, 9.17) is 16.3 Å². The van der Waals surface area contributed by atoms with E-state index < -0.39 is 0 Å². The Morgan fingerprint density at radius 2 is 2.19 bits per heavy atom. The predicted molar refractivity (Wildman–Crippen MR) is 66.8 cm³/mol. The molecule has 0 spiro atoms. The maximum atomic E-state index is 6.17. The van der Waals surface area contributed by atoms with Gasteiger partial charge in [0.2, 0.25) is 0 Å². The first-order valence-corrected chi connectivity index (χ1v) is 6.18. The van der Waals surface area contributed by atoms with E-state index in [1.165, 1.54) is 0 Å². The summed E-state index contributed by atoms with van der Waals surface area (Å²) in [6, 6.07) is 8.69. The highest BCUT2D eigenvalue weighted by Crippen LogP contribution is 2.24. The van der Waals surface area contributed by atoms with Gasteiger partial charge in [0.15, 0.2) is 0 Å². The quantitative estimate of drug-likeness (QED) is 0.875. The minimum absolute atomic E-state index is 0.267. The number of hydrogen-bond acceptors (Lipinski definition) is 2. The molecule has 1 aliphatic rings. The van der Waals surface area contributed by atoms with Crippen molar-refractivity contribution in [2.75, 3.05) is 6.61 Å². The lowest BCUT2D eigenvalue weighted by Crippen LogP contribution is -2.36. The molecular formula is C13H18ClNO. The van der Waals surface area contributed by atoms with Gasteiger partial charge in [-0.15, -0.1) is 0 Å². The third-order valence-corrected chi connectivity index (χ3v) is 3.56. The molecule has 3 atom stereocenters. The fraction of sp³-hybridized carbons (Fsp3) is 0.538. The highest BCUT2D eigenvalue weighted by Gasteiger charge is 2.25. The number of nitrogens with one attached hydrogen (secondary N) is 1. The Labute approximate surface area is 102 Å². The molecule has 0 aromatic heterocycles. The van der Waals surface area contributed by atoms with Gasteiger partial charge in [-0.2, -0.15) is 0 Å². The van der Waals surface area contributed by atoms with Gasteiger partial charge in [0.1, 0.15) is 0 Å². The largest absolute Gasteiger partial charge is 0.377 e. The van der Waals surface area contributed by atoms with E-state index in [1.807, 2.05) is 18.2 Å². The maximum Gasteiger partial charge on any atom is 0.0700 e. The number of hydrogen-bond donors (Lipinski definition) is 1. The van der Waals surface area contributed by atoms with Crippen molar-refractivity contribution in [3.05, 3.63) is 34.9 Å². The minimum Gasteiger partial charge on any atom is -0.377 e. The predicted octanol–water partition coefficient (Wildman–Crippen LogP) is 3.17. The van der Waals surface area contributed by atoms with Crippen molar-refractivity contribution in [2.45, 2.75) is 38.5 Å². The Balaban J connectivity index is 2.03. The SMILES string of the molecule is CC1OCCC1N[C@H](C)c1ccccc1Cl. The van der Waals surface area contributed by atoms with Crippen molar-refractivity contribution in [1.29, 1.82) is 0 Å². The second-order valence-electron chi connectivity index (χ2n) is 4.38. The molecule has 1 N–H and O–H groups in total. The number of halogens is 1. The second-order valence-corrected chi connectivity index (χ2v) is 4.79. The molecule has 0 amide bonds. The van der Waals surface area contributed by atoms with Gasteiger partial charge in [-0.3, -0.25) is 0 Å². The first-order valence-electron chi connectivity index (χ1n) is 5.80. The van der Waals surface area contributed by atoms with E-state index in [0.717, 1.165) is 23.6 Å². The smallest absolute Gasteiger partial charge is 0.0700 e. The van der Waals surface area contributed by atoms with Crippen LogP contribution in [0.3, 0.4) is 0 Å². The van der Waals surface area contributed by atoms with E-state index in [-0.39, 0.29) is 6.04 Å². The van der Waals surface area contributed by atoms with Crippen LogP contribution in [-0.2, 0) is 4.74 Å². The van der Waals surface area contributed by atoms with Gasteiger partial charge in [-0.1, -0.05) is 29.8 Å². The molecule has 3 heteroatoms. The van der Waals surface area contributed by atoms with Crippen LogP contribution in [-0.4, -0.2) is 18.8 Å². The number of benzene rings is 1. The third-order valence-electron chi connectivity index (χ3n) is 3.21. The highest BCUT2D eigenvalue weighted by molar-refractivity contribution is 6.31. The summed E-state index contributed by atoms with van der Waals surface area (Å²) in [5, 5.41) is 4.40. The lowest BCUT2D eigenvalue weighted by molar-refractivity contribution is 0.111. The molecule has 2 rings (SSSR count). The summed E-state index contributed by atoms with van der Waals surface area (Å²) in [5.41, 5.74) is 1.16. The van der Waals surface area contributed by atoms with Gasteiger partial charge >= 0.3 is 0 Å². The van der Waals surface area contributed by atoms with E-state index in [0.29, 0.717) is 12.1 Å². The molecule has 1 aliphatic heterocycles. The van der Waals surface area contributed by atoms with Crippen LogP contribution >= 0.6 is 11.6 Å². The molecule has 1 saturated heterocycles. The van der Waals surface area contributed by atoms with Gasteiger partial charge in [0.25, 0.3) is 0 Å². The van der Waals surface area contributed by atoms with Gasteiger partial charge < -0.3 is 10.1 Å². The summed E-state index contributed by atoms with van der Waals surface area (Å²) in [4.78, 5) is 0. The van der Waals surface area contributed by atoms with Crippen LogP contribution in [0.2, 0.25) is 5.02 Å². The van der Waals surface area contributed by atoms with Gasteiger partial charge in [0.05, 0.1) is 6.10 Å². The first-order chi connectivity index (χ1) is 7.68. The van der Waals surface area contributed by atoms with E-state index in [9.17, 15) is 0 Å². The molecule has 0 bridgehead atoms. The Bertz CT molecular complexity index is 356. The zero-order valence-electron chi connectivity index (χ0n) is 9.74. The van der Waals surface area contributed by atoms with Crippen molar-refractivity contribution >= 4 is 11.6 Å². The molecular weight excluding hydrogens is 222 g/mol. The van der Waals surface area contributed by atoms with Crippen LogP contribution in [0.15, 0.2) is 24.3 Å². The number of ether oxygens (including phenoxy) is 1. The van der Waals surface area contributed by atoms with Crippen LogP contribution in [0.25, 0.3) is 0 Å². The van der Waals surface area contributed by atoms with Crippen LogP contribution in [0, 0.1) is 0 Å². The van der Waals surface area contributed by atoms with Crippen LogP contribution in [0.5, 0.6) is 0 Å². The monoisotopic (exact) mass is 239 g/mol. The molecule has 1 aromatic rings. The van der Waals surface area contributed by atoms with Gasteiger partial charge in [-0.05, 0) is 31.9 Å². The summed E-state index contributed by atoms with van der Waals surface area (Å²) < 4.78 is 5.54.